The fourth-order valence-corrected chi connectivity index (χ4v) is 5.14. The topological polar surface area (TPSA) is 3.24 Å². The van der Waals surface area contributed by atoms with Crippen LogP contribution >= 0.6 is 0 Å². The summed E-state index contributed by atoms with van der Waals surface area (Å²) in [6.07, 6.45) is 35.3. The highest BCUT2D eigenvalue weighted by atomic mass is 15.1. The molecule has 0 unspecified atom stereocenters. The molecular formula is C28H57N. The van der Waals surface area contributed by atoms with Crippen molar-refractivity contribution in [2.24, 2.45) is 0 Å². The summed E-state index contributed by atoms with van der Waals surface area (Å²) in [4.78, 5) is 2.64. The Morgan fingerprint density at radius 2 is 0.793 bits per heavy atom. The average Bonchev–Trinajstić information content (AvgIpc) is 3.27. The highest BCUT2D eigenvalue weighted by Crippen LogP contribution is 2.22. The molecule has 0 radical (unpaired) electrons. The van der Waals surface area contributed by atoms with E-state index in [2.05, 4.69) is 18.9 Å². The molecule has 0 spiro atoms. The number of hydrogen-bond donors (Lipinski definition) is 0. The number of unbranched alkanes of at least 4 members (excludes halogenated alkanes) is 19. The van der Waals surface area contributed by atoms with Gasteiger partial charge in [-0.2, -0.15) is 0 Å². The lowest BCUT2D eigenvalue weighted by Crippen LogP contribution is -2.29. The Balaban J connectivity index is 1.66. The van der Waals surface area contributed by atoms with E-state index in [-0.39, 0.29) is 0 Å². The maximum atomic E-state index is 2.64. The molecule has 29 heavy (non-hydrogen) atoms. The Kier molecular flexibility index (Phi) is 19.7. The van der Waals surface area contributed by atoms with Crippen LogP contribution < -0.4 is 0 Å². The predicted molar refractivity (Wildman–Crippen MR) is 133 cm³/mol. The van der Waals surface area contributed by atoms with Crippen molar-refractivity contribution in [1.29, 1.82) is 0 Å². The summed E-state index contributed by atoms with van der Waals surface area (Å²) >= 11 is 0. The van der Waals surface area contributed by atoms with Crippen molar-refractivity contribution < 1.29 is 0 Å². The summed E-state index contributed by atoms with van der Waals surface area (Å²) in [6, 6.07) is 0.912. The predicted octanol–water partition coefficient (Wildman–Crippen LogP) is 9.68. The zero-order valence-corrected chi connectivity index (χ0v) is 20.7. The van der Waals surface area contributed by atoms with Crippen molar-refractivity contribution in [2.45, 2.75) is 167 Å². The van der Waals surface area contributed by atoms with E-state index in [4.69, 9.17) is 0 Å². The van der Waals surface area contributed by atoms with Crippen LogP contribution in [0, 0.1) is 0 Å². The van der Waals surface area contributed by atoms with Gasteiger partial charge in [0.2, 0.25) is 0 Å². The molecule has 1 aliphatic carbocycles. The first kappa shape index (κ1) is 27.0. The molecule has 1 heteroatoms. The van der Waals surface area contributed by atoms with Crippen LogP contribution in [-0.4, -0.2) is 24.5 Å². The minimum atomic E-state index is 0.912. The first-order valence-electron chi connectivity index (χ1n) is 14.0. The molecular weight excluding hydrogens is 350 g/mol. The zero-order valence-electron chi connectivity index (χ0n) is 20.7. The number of hydrogen-bond acceptors (Lipinski definition) is 1. The molecule has 0 aromatic rings. The quantitative estimate of drug-likeness (QED) is 0.161. The molecule has 0 amide bonds. The fourth-order valence-electron chi connectivity index (χ4n) is 5.14. The van der Waals surface area contributed by atoms with E-state index in [9.17, 15) is 0 Å². The number of nitrogens with zero attached hydrogens (tertiary/aromatic N) is 1. The fraction of sp³-hybridized carbons (Fsp3) is 1.00. The van der Waals surface area contributed by atoms with E-state index in [1.54, 1.807) is 0 Å². The van der Waals surface area contributed by atoms with Gasteiger partial charge in [0.25, 0.3) is 0 Å². The van der Waals surface area contributed by atoms with E-state index in [1.807, 2.05) is 0 Å². The maximum absolute atomic E-state index is 2.64. The highest BCUT2D eigenvalue weighted by molar-refractivity contribution is 4.74. The third-order valence-corrected chi connectivity index (χ3v) is 7.31. The lowest BCUT2D eigenvalue weighted by Gasteiger charge is -2.23. The van der Waals surface area contributed by atoms with Crippen LogP contribution in [0.3, 0.4) is 0 Å². The second-order valence-corrected chi connectivity index (χ2v) is 10.1. The lowest BCUT2D eigenvalue weighted by molar-refractivity contribution is 0.240. The molecule has 0 N–H and O–H groups in total. The third kappa shape index (κ3) is 17.3. The first-order valence-corrected chi connectivity index (χ1v) is 14.0. The minimum Gasteiger partial charge on any atom is -0.303 e. The minimum absolute atomic E-state index is 0.912. The van der Waals surface area contributed by atoms with Gasteiger partial charge in [-0.15, -0.1) is 0 Å². The molecule has 0 aromatic carbocycles. The Labute approximate surface area is 185 Å². The van der Waals surface area contributed by atoms with Gasteiger partial charge < -0.3 is 4.90 Å². The van der Waals surface area contributed by atoms with Gasteiger partial charge in [0, 0.05) is 6.04 Å². The Morgan fingerprint density at radius 1 is 0.483 bits per heavy atom. The lowest BCUT2D eigenvalue weighted by atomic mass is 10.0. The molecule has 0 aromatic heterocycles. The second-order valence-electron chi connectivity index (χ2n) is 10.1. The Hall–Kier alpha value is -0.0400. The maximum Gasteiger partial charge on any atom is 0.00922 e. The van der Waals surface area contributed by atoms with Gasteiger partial charge in [0.1, 0.15) is 0 Å². The van der Waals surface area contributed by atoms with Crippen molar-refractivity contribution in [3.05, 3.63) is 0 Å². The summed E-state index contributed by atoms with van der Waals surface area (Å²) in [5.41, 5.74) is 0. The normalized spacial score (nSPS) is 15.0. The summed E-state index contributed by atoms with van der Waals surface area (Å²) in [5, 5.41) is 0. The molecule has 0 heterocycles. The van der Waals surface area contributed by atoms with Gasteiger partial charge in [-0.1, -0.05) is 142 Å². The van der Waals surface area contributed by atoms with Crippen molar-refractivity contribution >= 4 is 0 Å². The molecule has 1 nitrogen and oxygen atoms in total. The summed E-state index contributed by atoms with van der Waals surface area (Å²) in [7, 11) is 2.35. The zero-order chi connectivity index (χ0) is 20.8. The van der Waals surface area contributed by atoms with E-state index < -0.39 is 0 Å². The second kappa shape index (κ2) is 21.2. The molecule has 0 saturated heterocycles. The molecule has 1 rings (SSSR count). The molecule has 0 aliphatic heterocycles. The summed E-state index contributed by atoms with van der Waals surface area (Å²) < 4.78 is 0. The van der Waals surface area contributed by atoms with Crippen LogP contribution in [0.25, 0.3) is 0 Å². The molecule has 174 valence electrons. The molecule has 1 fully saturated rings. The third-order valence-electron chi connectivity index (χ3n) is 7.31. The van der Waals surface area contributed by atoms with Gasteiger partial charge in [0.05, 0.1) is 0 Å². The first-order chi connectivity index (χ1) is 14.3. The molecule has 0 atom stereocenters. The highest BCUT2D eigenvalue weighted by Gasteiger charge is 2.18. The number of rotatable bonds is 22. The van der Waals surface area contributed by atoms with Crippen molar-refractivity contribution in [2.75, 3.05) is 13.6 Å². The monoisotopic (exact) mass is 407 g/mol. The summed E-state index contributed by atoms with van der Waals surface area (Å²) in [6.45, 7) is 3.64. The summed E-state index contributed by atoms with van der Waals surface area (Å²) in [5.74, 6) is 0. The van der Waals surface area contributed by atoms with Crippen LogP contribution in [0.2, 0.25) is 0 Å². The van der Waals surface area contributed by atoms with Crippen LogP contribution in [0.15, 0.2) is 0 Å². The van der Waals surface area contributed by atoms with E-state index >= 15 is 0 Å². The van der Waals surface area contributed by atoms with Crippen molar-refractivity contribution in [3.63, 3.8) is 0 Å². The molecule has 1 aliphatic rings. The van der Waals surface area contributed by atoms with Gasteiger partial charge in [-0.3, -0.25) is 0 Å². The standard InChI is InChI=1S/C28H57N/c1-3-4-5-6-7-8-9-10-11-12-13-14-15-16-17-18-19-20-21-24-27-29(2)28-25-22-23-26-28/h28H,3-27H2,1-2H3. The van der Waals surface area contributed by atoms with E-state index in [1.165, 1.54) is 161 Å². The van der Waals surface area contributed by atoms with Gasteiger partial charge in [-0.25, -0.2) is 0 Å². The largest absolute Gasteiger partial charge is 0.303 e. The van der Waals surface area contributed by atoms with E-state index in [0.717, 1.165) is 6.04 Å². The van der Waals surface area contributed by atoms with Crippen LogP contribution in [-0.2, 0) is 0 Å². The average molecular weight is 408 g/mol. The van der Waals surface area contributed by atoms with Crippen LogP contribution in [0.4, 0.5) is 0 Å². The Bertz CT molecular complexity index is 307. The Morgan fingerprint density at radius 3 is 1.14 bits per heavy atom. The molecule has 1 saturated carbocycles. The van der Waals surface area contributed by atoms with Crippen molar-refractivity contribution in [1.82, 2.24) is 4.90 Å². The SMILES string of the molecule is CCCCCCCCCCCCCCCCCCCCCCN(C)C1CCCC1. The molecule has 0 bridgehead atoms. The van der Waals surface area contributed by atoms with Crippen LogP contribution in [0.5, 0.6) is 0 Å². The van der Waals surface area contributed by atoms with E-state index in [0.29, 0.717) is 0 Å². The van der Waals surface area contributed by atoms with Crippen molar-refractivity contribution in [3.8, 4) is 0 Å². The smallest absolute Gasteiger partial charge is 0.00922 e. The van der Waals surface area contributed by atoms with Gasteiger partial charge >= 0.3 is 0 Å². The van der Waals surface area contributed by atoms with Gasteiger partial charge in [-0.05, 0) is 32.9 Å². The van der Waals surface area contributed by atoms with Crippen LogP contribution in [0.1, 0.15) is 161 Å². The van der Waals surface area contributed by atoms with Gasteiger partial charge in [0.15, 0.2) is 0 Å².